The first-order valence-electron chi connectivity index (χ1n) is 11.2. The van der Waals surface area contributed by atoms with Gasteiger partial charge in [-0.3, -0.25) is 9.69 Å². The molecule has 1 amide bonds. The highest BCUT2D eigenvalue weighted by atomic mass is 32.2. The van der Waals surface area contributed by atoms with Crippen molar-refractivity contribution in [1.82, 2.24) is 4.98 Å². The smallest absolute Gasteiger partial charge is 0.257 e. The molecule has 5 aromatic rings. The molecule has 4 nitrogen and oxygen atoms in total. The highest BCUT2D eigenvalue weighted by Gasteiger charge is 2.28. The van der Waals surface area contributed by atoms with E-state index in [2.05, 4.69) is 12.1 Å². The van der Waals surface area contributed by atoms with Gasteiger partial charge in [-0.1, -0.05) is 108 Å². The molecule has 0 saturated heterocycles. The van der Waals surface area contributed by atoms with Crippen LogP contribution in [0.5, 0.6) is 0 Å². The van der Waals surface area contributed by atoms with Crippen molar-refractivity contribution in [2.75, 3.05) is 10.7 Å². The summed E-state index contributed by atoms with van der Waals surface area (Å²) in [7, 11) is 0. The Morgan fingerprint density at radius 1 is 0.743 bits per heavy atom. The summed E-state index contributed by atoms with van der Waals surface area (Å²) in [5.41, 5.74) is 4.52. The number of amides is 1. The number of fused-ring (bicyclic) bond motifs is 2. The number of para-hydroxylation sites is 2. The van der Waals surface area contributed by atoms with Crippen LogP contribution in [-0.4, -0.2) is 16.6 Å². The van der Waals surface area contributed by atoms with Gasteiger partial charge in [0, 0.05) is 20.9 Å². The first kappa shape index (κ1) is 21.8. The van der Waals surface area contributed by atoms with Gasteiger partial charge >= 0.3 is 0 Å². The highest BCUT2D eigenvalue weighted by molar-refractivity contribution is 8.00. The summed E-state index contributed by atoms with van der Waals surface area (Å²) < 4.78 is 6.21. The zero-order chi connectivity index (χ0) is 23.6. The van der Waals surface area contributed by atoms with Gasteiger partial charge in [0.25, 0.3) is 5.22 Å². The molecule has 6 heteroatoms. The summed E-state index contributed by atoms with van der Waals surface area (Å²) in [6.07, 6.45) is 0. The first-order valence-corrected chi connectivity index (χ1v) is 13.0. The van der Waals surface area contributed by atoms with E-state index in [1.165, 1.54) is 11.8 Å². The summed E-state index contributed by atoms with van der Waals surface area (Å²) in [6.45, 7) is 0. The molecule has 0 radical (unpaired) electrons. The van der Waals surface area contributed by atoms with Gasteiger partial charge in [-0.25, -0.2) is 4.98 Å². The molecule has 1 aliphatic rings. The van der Waals surface area contributed by atoms with Crippen LogP contribution in [0.1, 0.15) is 0 Å². The second-order valence-electron chi connectivity index (χ2n) is 7.94. The summed E-state index contributed by atoms with van der Waals surface area (Å²) in [5.74, 6) is 0.892. The molecule has 0 unspecified atom stereocenters. The fourth-order valence-electron chi connectivity index (χ4n) is 4.10. The van der Waals surface area contributed by atoms with Crippen molar-refractivity contribution in [2.45, 2.75) is 15.0 Å². The third-order valence-corrected chi connectivity index (χ3v) is 7.63. The summed E-state index contributed by atoms with van der Waals surface area (Å²) >= 11 is 3.01. The number of hydrogen-bond donors (Lipinski definition) is 0. The number of nitrogens with zero attached hydrogens (tertiary/aromatic N) is 2. The lowest BCUT2D eigenvalue weighted by Gasteiger charge is -2.30. The van der Waals surface area contributed by atoms with E-state index >= 15 is 0 Å². The highest BCUT2D eigenvalue weighted by Crippen LogP contribution is 2.48. The fourth-order valence-corrected chi connectivity index (χ4v) is 5.83. The Hall–Kier alpha value is -3.74. The van der Waals surface area contributed by atoms with Crippen LogP contribution in [0, 0.1) is 0 Å². The molecule has 0 fully saturated rings. The third-order valence-electron chi connectivity index (χ3n) is 5.69. The topological polar surface area (TPSA) is 46.3 Å². The van der Waals surface area contributed by atoms with Gasteiger partial charge in [-0.15, -0.1) is 0 Å². The number of oxazole rings is 1. The Morgan fingerprint density at radius 2 is 1.29 bits per heavy atom. The molecular formula is C29H20N2O2S2. The van der Waals surface area contributed by atoms with Gasteiger partial charge in [-0.05, 0) is 24.3 Å². The van der Waals surface area contributed by atoms with E-state index in [9.17, 15) is 4.79 Å². The Labute approximate surface area is 212 Å². The van der Waals surface area contributed by atoms with Crippen LogP contribution in [0.15, 0.2) is 129 Å². The van der Waals surface area contributed by atoms with Crippen molar-refractivity contribution in [1.29, 1.82) is 0 Å². The number of benzene rings is 4. The average molecular weight is 493 g/mol. The number of rotatable bonds is 5. The largest absolute Gasteiger partial charge is 0.431 e. The van der Waals surface area contributed by atoms with Crippen molar-refractivity contribution >= 4 is 40.8 Å². The molecule has 6 rings (SSSR count). The predicted molar refractivity (Wildman–Crippen MR) is 142 cm³/mol. The van der Waals surface area contributed by atoms with Crippen LogP contribution < -0.4 is 4.90 Å². The van der Waals surface area contributed by atoms with Crippen LogP contribution in [0.2, 0.25) is 0 Å². The Morgan fingerprint density at radius 3 is 1.91 bits per heavy atom. The number of hydrogen-bond acceptors (Lipinski definition) is 5. The lowest BCUT2D eigenvalue weighted by molar-refractivity contribution is -0.115. The summed E-state index contributed by atoms with van der Waals surface area (Å²) in [6, 6.07) is 35.9. The number of carbonyl (C=O) groups excluding carboxylic acids is 1. The molecule has 0 aliphatic carbocycles. The molecule has 2 heterocycles. The minimum atomic E-state index is -0.0177. The molecule has 0 bridgehead atoms. The Bertz CT molecular complexity index is 1400. The van der Waals surface area contributed by atoms with E-state index in [1.54, 1.807) is 11.8 Å². The fraction of sp³-hybridized carbons (Fsp3) is 0.0345. The van der Waals surface area contributed by atoms with E-state index in [1.807, 2.05) is 102 Å². The van der Waals surface area contributed by atoms with Gasteiger partial charge in [0.1, 0.15) is 5.69 Å². The SMILES string of the molecule is O=C(CSc1nc(-c2ccccc2)c(-c2ccccc2)o1)N1c2ccccc2Sc2ccccc21. The van der Waals surface area contributed by atoms with E-state index in [0.717, 1.165) is 38.0 Å². The molecule has 0 spiro atoms. The predicted octanol–water partition coefficient (Wildman–Crippen LogP) is 7.93. The molecule has 0 atom stereocenters. The van der Waals surface area contributed by atoms with Crippen molar-refractivity contribution in [3.63, 3.8) is 0 Å². The van der Waals surface area contributed by atoms with Gasteiger partial charge in [-0.2, -0.15) is 0 Å². The second kappa shape index (κ2) is 9.49. The normalized spacial score (nSPS) is 12.2. The number of thioether (sulfide) groups is 1. The minimum absolute atomic E-state index is 0.0177. The van der Waals surface area contributed by atoms with Crippen molar-refractivity contribution in [2.24, 2.45) is 0 Å². The first-order chi connectivity index (χ1) is 17.3. The summed E-state index contributed by atoms with van der Waals surface area (Å²) in [5, 5.41) is 0.476. The Balaban J connectivity index is 1.31. The molecule has 0 saturated carbocycles. The Kier molecular flexibility index (Phi) is 5.90. The number of carbonyl (C=O) groups is 1. The van der Waals surface area contributed by atoms with E-state index in [4.69, 9.17) is 9.40 Å². The molecule has 1 aliphatic heterocycles. The monoisotopic (exact) mass is 492 g/mol. The zero-order valence-corrected chi connectivity index (χ0v) is 20.3. The maximum absolute atomic E-state index is 13.6. The van der Waals surface area contributed by atoms with Gasteiger partial charge in [0.05, 0.1) is 17.1 Å². The lowest BCUT2D eigenvalue weighted by Crippen LogP contribution is -2.29. The molecular weight excluding hydrogens is 472 g/mol. The van der Waals surface area contributed by atoms with Gasteiger partial charge in [0.2, 0.25) is 5.91 Å². The van der Waals surface area contributed by atoms with Gasteiger partial charge in [0.15, 0.2) is 5.76 Å². The maximum atomic E-state index is 13.6. The standard InChI is InChI=1S/C29H20N2O2S2/c32-26(31-22-15-7-9-17-24(22)35-25-18-10-8-16-23(25)31)19-34-29-30-27(20-11-3-1-4-12-20)28(33-29)21-13-5-2-6-14-21/h1-18H,19H2. The molecule has 0 N–H and O–H groups in total. The zero-order valence-electron chi connectivity index (χ0n) is 18.6. The van der Waals surface area contributed by atoms with Crippen LogP contribution in [0.25, 0.3) is 22.6 Å². The van der Waals surface area contributed by atoms with Gasteiger partial charge < -0.3 is 4.42 Å². The number of anilines is 2. The van der Waals surface area contributed by atoms with E-state index in [0.29, 0.717) is 11.0 Å². The lowest BCUT2D eigenvalue weighted by atomic mass is 10.1. The average Bonchev–Trinajstić information content (AvgIpc) is 3.36. The van der Waals surface area contributed by atoms with E-state index < -0.39 is 0 Å². The molecule has 4 aromatic carbocycles. The molecule has 170 valence electrons. The van der Waals surface area contributed by atoms with Crippen molar-refractivity contribution in [3.05, 3.63) is 109 Å². The van der Waals surface area contributed by atoms with Crippen LogP contribution in [0.4, 0.5) is 11.4 Å². The second-order valence-corrected chi connectivity index (χ2v) is 9.96. The minimum Gasteiger partial charge on any atom is -0.431 e. The van der Waals surface area contributed by atoms with E-state index in [-0.39, 0.29) is 11.7 Å². The van der Waals surface area contributed by atoms with Crippen molar-refractivity contribution in [3.8, 4) is 22.6 Å². The molecule has 1 aromatic heterocycles. The van der Waals surface area contributed by atoms with Crippen LogP contribution >= 0.6 is 23.5 Å². The van der Waals surface area contributed by atoms with Crippen molar-refractivity contribution < 1.29 is 9.21 Å². The third kappa shape index (κ3) is 4.27. The van der Waals surface area contributed by atoms with Crippen LogP contribution in [-0.2, 0) is 4.79 Å². The quantitative estimate of drug-likeness (QED) is 0.233. The maximum Gasteiger partial charge on any atom is 0.257 e. The molecule has 35 heavy (non-hydrogen) atoms. The van der Waals surface area contributed by atoms with Crippen LogP contribution in [0.3, 0.4) is 0 Å². The number of aromatic nitrogens is 1. The summed E-state index contributed by atoms with van der Waals surface area (Å²) in [4.78, 5) is 22.3.